The summed E-state index contributed by atoms with van der Waals surface area (Å²) in [5, 5.41) is 10.6. The van der Waals surface area contributed by atoms with E-state index in [2.05, 4.69) is 55.4 Å². The topological polar surface area (TPSA) is 237 Å². The average molecular weight is 1450 g/mol. The molecule has 0 spiro atoms. The van der Waals surface area contributed by atoms with Gasteiger partial charge >= 0.3 is 39.5 Å². The van der Waals surface area contributed by atoms with Gasteiger partial charge in [0.25, 0.3) is 0 Å². The molecule has 0 aliphatic carbocycles. The maximum Gasteiger partial charge on any atom is 0.472 e. The fourth-order valence-corrected chi connectivity index (χ4v) is 13.8. The Labute approximate surface area is 607 Å². The van der Waals surface area contributed by atoms with E-state index in [1.54, 1.807) is 0 Å². The number of carbonyl (C=O) groups is 4. The molecule has 99 heavy (non-hydrogen) atoms. The summed E-state index contributed by atoms with van der Waals surface area (Å²) in [4.78, 5) is 72.9. The Kier molecular flexibility index (Phi) is 67.8. The SMILES string of the molecule is CCC(C)CCCCCCCCCCCCCCCCCCCCC(=O)OC[C@H](COP(=O)(O)OC[C@@H](O)COP(=O)(O)OC[C@@H](COC(=O)CCCCCCCCC(C)C)OC(=O)CCCCCCCCCCCCCCCC(C)C)OC(=O)CCCCCCCCCCC(C)CC. The molecule has 0 saturated heterocycles. The first-order valence-electron chi connectivity index (χ1n) is 41.3. The molecular weight excluding hydrogens is 1290 g/mol. The zero-order valence-corrected chi connectivity index (χ0v) is 66.9. The Morgan fingerprint density at radius 2 is 0.485 bits per heavy atom. The second kappa shape index (κ2) is 69.1. The number of aliphatic hydroxyl groups excluding tert-OH is 1. The lowest BCUT2D eigenvalue weighted by Gasteiger charge is -2.21. The molecule has 0 saturated carbocycles. The second-order valence-electron chi connectivity index (χ2n) is 30.2. The van der Waals surface area contributed by atoms with Crippen molar-refractivity contribution in [2.75, 3.05) is 39.6 Å². The van der Waals surface area contributed by atoms with Crippen LogP contribution >= 0.6 is 15.6 Å². The number of phosphoric acid groups is 2. The van der Waals surface area contributed by atoms with Crippen LogP contribution in [0.25, 0.3) is 0 Å². The van der Waals surface area contributed by atoms with E-state index in [-0.39, 0.29) is 25.7 Å². The van der Waals surface area contributed by atoms with Gasteiger partial charge < -0.3 is 33.8 Å². The summed E-state index contributed by atoms with van der Waals surface area (Å²) in [6, 6.07) is 0. The number of hydrogen-bond donors (Lipinski definition) is 3. The second-order valence-corrected chi connectivity index (χ2v) is 33.1. The van der Waals surface area contributed by atoms with E-state index in [4.69, 9.17) is 37.0 Å². The third-order valence-corrected chi connectivity index (χ3v) is 21.2. The highest BCUT2D eigenvalue weighted by Crippen LogP contribution is 2.45. The highest BCUT2D eigenvalue weighted by Gasteiger charge is 2.30. The summed E-state index contributed by atoms with van der Waals surface area (Å²) in [7, 11) is -9.92. The summed E-state index contributed by atoms with van der Waals surface area (Å²) in [6.45, 7) is 14.2. The van der Waals surface area contributed by atoms with Crippen molar-refractivity contribution >= 4 is 39.5 Å². The lowest BCUT2D eigenvalue weighted by Crippen LogP contribution is -2.30. The van der Waals surface area contributed by atoms with Gasteiger partial charge in [0.15, 0.2) is 12.2 Å². The van der Waals surface area contributed by atoms with Gasteiger partial charge in [-0.1, -0.05) is 357 Å². The highest BCUT2D eigenvalue weighted by atomic mass is 31.2. The first kappa shape index (κ1) is 97.1. The fourth-order valence-electron chi connectivity index (χ4n) is 12.2. The van der Waals surface area contributed by atoms with Gasteiger partial charge in [0, 0.05) is 25.7 Å². The van der Waals surface area contributed by atoms with E-state index in [0.717, 1.165) is 114 Å². The summed E-state index contributed by atoms with van der Waals surface area (Å²) in [5.74, 6) is 0.989. The molecule has 0 aliphatic heterocycles. The van der Waals surface area contributed by atoms with Crippen LogP contribution < -0.4 is 0 Å². The Morgan fingerprint density at radius 1 is 0.283 bits per heavy atom. The monoisotopic (exact) mass is 1450 g/mol. The molecule has 0 aromatic rings. The number of phosphoric ester groups is 2. The van der Waals surface area contributed by atoms with Crippen molar-refractivity contribution in [3.05, 3.63) is 0 Å². The summed E-state index contributed by atoms with van der Waals surface area (Å²) in [6.07, 6.45) is 55.7. The van der Waals surface area contributed by atoms with Crippen LogP contribution in [0.2, 0.25) is 0 Å². The molecule has 0 amide bonds. The van der Waals surface area contributed by atoms with Crippen LogP contribution in [0.4, 0.5) is 0 Å². The van der Waals surface area contributed by atoms with Crippen LogP contribution in [0, 0.1) is 23.7 Å². The predicted molar refractivity (Wildman–Crippen MR) is 404 cm³/mol. The van der Waals surface area contributed by atoms with Crippen molar-refractivity contribution in [3.63, 3.8) is 0 Å². The van der Waals surface area contributed by atoms with E-state index in [0.29, 0.717) is 31.6 Å². The Balaban J connectivity index is 5.16. The molecule has 17 nitrogen and oxygen atoms in total. The van der Waals surface area contributed by atoms with Crippen LogP contribution in [0.3, 0.4) is 0 Å². The van der Waals surface area contributed by atoms with Gasteiger partial charge in [-0.3, -0.25) is 37.3 Å². The van der Waals surface area contributed by atoms with Gasteiger partial charge in [0.2, 0.25) is 0 Å². The Morgan fingerprint density at radius 3 is 0.717 bits per heavy atom. The molecule has 0 bridgehead atoms. The predicted octanol–water partition coefficient (Wildman–Crippen LogP) is 23.6. The Hall–Kier alpha value is -1.94. The molecule has 4 unspecified atom stereocenters. The van der Waals surface area contributed by atoms with E-state index in [1.165, 1.54) is 205 Å². The Bertz CT molecular complexity index is 1940. The first-order valence-corrected chi connectivity index (χ1v) is 44.3. The lowest BCUT2D eigenvalue weighted by molar-refractivity contribution is -0.161. The number of unbranched alkanes of at least 4 members (excludes halogenated alkanes) is 41. The van der Waals surface area contributed by atoms with Crippen molar-refractivity contribution in [2.24, 2.45) is 23.7 Å². The zero-order chi connectivity index (χ0) is 73.1. The number of rotatable bonds is 77. The smallest absolute Gasteiger partial charge is 0.462 e. The molecule has 0 heterocycles. The van der Waals surface area contributed by atoms with Crippen LogP contribution in [-0.4, -0.2) is 96.7 Å². The summed E-state index contributed by atoms with van der Waals surface area (Å²) < 4.78 is 68.6. The van der Waals surface area contributed by atoms with Crippen molar-refractivity contribution in [2.45, 2.75) is 427 Å². The molecule has 0 rings (SSSR count). The fraction of sp³-hybridized carbons (Fsp3) is 0.950. The molecule has 588 valence electrons. The third-order valence-electron chi connectivity index (χ3n) is 19.3. The molecule has 0 aliphatic rings. The van der Waals surface area contributed by atoms with Crippen LogP contribution in [0.5, 0.6) is 0 Å². The maximum absolute atomic E-state index is 13.1. The van der Waals surface area contributed by atoms with Crippen molar-refractivity contribution in [3.8, 4) is 0 Å². The summed E-state index contributed by atoms with van der Waals surface area (Å²) >= 11 is 0. The van der Waals surface area contributed by atoms with E-state index in [1.807, 2.05) is 0 Å². The van der Waals surface area contributed by atoms with E-state index >= 15 is 0 Å². The zero-order valence-electron chi connectivity index (χ0n) is 65.1. The highest BCUT2D eigenvalue weighted by molar-refractivity contribution is 7.47. The molecule has 0 aromatic carbocycles. The number of carbonyl (C=O) groups excluding carboxylic acids is 4. The minimum Gasteiger partial charge on any atom is -0.462 e. The lowest BCUT2D eigenvalue weighted by atomic mass is 9.99. The molecule has 0 radical (unpaired) electrons. The van der Waals surface area contributed by atoms with Crippen LogP contribution in [-0.2, 0) is 65.4 Å². The van der Waals surface area contributed by atoms with Gasteiger partial charge in [-0.2, -0.15) is 0 Å². The van der Waals surface area contributed by atoms with Crippen LogP contribution in [0.15, 0.2) is 0 Å². The number of aliphatic hydroxyl groups is 1. The normalized spacial score (nSPS) is 14.6. The molecule has 3 N–H and O–H groups in total. The van der Waals surface area contributed by atoms with Gasteiger partial charge in [0.1, 0.15) is 19.3 Å². The van der Waals surface area contributed by atoms with Crippen molar-refractivity contribution in [1.29, 1.82) is 0 Å². The van der Waals surface area contributed by atoms with Gasteiger partial charge in [-0.05, 0) is 49.4 Å². The van der Waals surface area contributed by atoms with Crippen LogP contribution in [0.1, 0.15) is 409 Å². The van der Waals surface area contributed by atoms with E-state index in [9.17, 15) is 43.2 Å². The number of hydrogen-bond acceptors (Lipinski definition) is 15. The third kappa shape index (κ3) is 71.5. The van der Waals surface area contributed by atoms with Gasteiger partial charge in [0.05, 0.1) is 26.4 Å². The quantitative estimate of drug-likeness (QED) is 0.0222. The maximum atomic E-state index is 13.1. The first-order chi connectivity index (χ1) is 47.7. The van der Waals surface area contributed by atoms with Crippen molar-refractivity contribution in [1.82, 2.24) is 0 Å². The standard InChI is InChI=1S/C80H156O17P2/c1-9-72(7)58-50-42-33-27-23-19-15-13-11-12-14-16-20-24-28-35-44-52-60-77(82)90-66-75(97-80(85)63-55-47-37-31-30-34-43-51-59-73(8)10-2)68-94-98(86,87)92-64-74(81)65-93-99(88,89)95-69-76(67-91-78(83)61-53-45-39-38-41-49-57-71(5)6)96-79(84)62-54-46-36-29-25-21-17-18-22-26-32-40-48-56-70(3)4/h70-76,81H,9-69H2,1-8H3,(H,86,87)(H,88,89)/t72?,73?,74-,75-,76-/m1/s1. The van der Waals surface area contributed by atoms with Crippen molar-refractivity contribution < 1.29 is 80.2 Å². The average Bonchev–Trinajstić information content (AvgIpc) is 1.49. The van der Waals surface area contributed by atoms with Gasteiger partial charge in [-0.15, -0.1) is 0 Å². The number of ether oxygens (including phenoxy) is 4. The minimum atomic E-state index is -4.96. The molecule has 0 fully saturated rings. The molecule has 7 atom stereocenters. The molecule has 19 heteroatoms. The largest absolute Gasteiger partial charge is 0.472 e. The van der Waals surface area contributed by atoms with E-state index < -0.39 is 97.5 Å². The molecule has 0 aromatic heterocycles. The molecular formula is C80H156O17P2. The minimum absolute atomic E-state index is 0.105. The van der Waals surface area contributed by atoms with Gasteiger partial charge in [-0.25, -0.2) is 9.13 Å². The number of esters is 4. The summed E-state index contributed by atoms with van der Waals surface area (Å²) in [5.41, 5.74) is 0.